The number of hydrogen-bond donors (Lipinski definition) is 1. The number of nitrogens with zero attached hydrogens (tertiary/aromatic N) is 5. The molecule has 0 saturated carbocycles. The van der Waals surface area contributed by atoms with Crippen LogP contribution in [0.5, 0.6) is 5.75 Å². The molecular weight excluding hydrogens is 318 g/mol. The Hall–Kier alpha value is -2.96. The van der Waals surface area contributed by atoms with Crippen LogP contribution >= 0.6 is 0 Å². The molecule has 1 aromatic carbocycles. The summed E-state index contributed by atoms with van der Waals surface area (Å²) in [5.41, 5.74) is 2.10. The summed E-state index contributed by atoms with van der Waals surface area (Å²) in [5.74, 6) is 1.18. The van der Waals surface area contributed by atoms with Crippen molar-refractivity contribution in [3.05, 3.63) is 53.6 Å². The normalized spacial score (nSPS) is 15.6. The van der Waals surface area contributed by atoms with Gasteiger partial charge in [0, 0.05) is 25.0 Å². The average Bonchev–Trinajstić information content (AvgIpc) is 3.08. The number of piperidine rings is 1. The van der Waals surface area contributed by atoms with Crippen LogP contribution in [0.25, 0.3) is 5.78 Å². The van der Waals surface area contributed by atoms with Gasteiger partial charge in [0.05, 0.1) is 0 Å². The Bertz CT molecular complexity index is 911. The Morgan fingerprint density at radius 1 is 1.16 bits per heavy atom. The summed E-state index contributed by atoms with van der Waals surface area (Å²) in [6, 6.07) is 9.16. The number of benzene rings is 1. The molecular formula is C18H19N5O2. The van der Waals surface area contributed by atoms with Crippen molar-refractivity contribution in [3.63, 3.8) is 0 Å². The van der Waals surface area contributed by atoms with E-state index in [4.69, 9.17) is 0 Å². The summed E-state index contributed by atoms with van der Waals surface area (Å²) in [6.45, 7) is 3.25. The SMILES string of the molecule is Cc1ccnc2nc(C(=O)N3CCC(c4ccc(O)cc4)CC3)nn12. The zero-order valence-electron chi connectivity index (χ0n) is 14.0. The third-order valence-corrected chi connectivity index (χ3v) is 4.77. The lowest BCUT2D eigenvalue weighted by molar-refractivity contribution is 0.0701. The molecule has 0 unspecified atom stereocenters. The maximum Gasteiger partial charge on any atom is 0.293 e. The number of carbonyl (C=O) groups excluding carboxylic acids is 1. The van der Waals surface area contributed by atoms with Crippen LogP contribution in [0.1, 0.15) is 40.6 Å². The molecule has 0 spiro atoms. The number of rotatable bonds is 2. The lowest BCUT2D eigenvalue weighted by atomic mass is 9.89. The largest absolute Gasteiger partial charge is 0.508 e. The molecule has 7 heteroatoms. The Balaban J connectivity index is 1.47. The number of fused-ring (bicyclic) bond motifs is 1. The van der Waals surface area contributed by atoms with Crippen molar-refractivity contribution >= 4 is 11.7 Å². The molecule has 128 valence electrons. The van der Waals surface area contributed by atoms with E-state index in [0.29, 0.717) is 24.8 Å². The quantitative estimate of drug-likeness (QED) is 0.775. The number of aromatic hydroxyl groups is 1. The second kappa shape index (κ2) is 6.16. The van der Waals surface area contributed by atoms with Gasteiger partial charge in [0.15, 0.2) is 0 Å². The molecule has 3 heterocycles. The number of likely N-dealkylation sites (tertiary alicyclic amines) is 1. The molecule has 1 amide bonds. The van der Waals surface area contributed by atoms with Gasteiger partial charge in [-0.1, -0.05) is 12.1 Å². The molecule has 25 heavy (non-hydrogen) atoms. The molecule has 2 aromatic heterocycles. The third kappa shape index (κ3) is 2.93. The van der Waals surface area contributed by atoms with Crippen molar-refractivity contribution in [1.29, 1.82) is 0 Å². The molecule has 1 fully saturated rings. The van der Waals surface area contributed by atoms with Crippen molar-refractivity contribution in [1.82, 2.24) is 24.5 Å². The van der Waals surface area contributed by atoms with Crippen LogP contribution in [0.15, 0.2) is 36.5 Å². The first-order valence-electron chi connectivity index (χ1n) is 8.38. The van der Waals surface area contributed by atoms with Gasteiger partial charge in [-0.05, 0) is 49.4 Å². The van der Waals surface area contributed by atoms with Gasteiger partial charge in [0.2, 0.25) is 5.82 Å². The third-order valence-electron chi connectivity index (χ3n) is 4.77. The minimum absolute atomic E-state index is 0.144. The van der Waals surface area contributed by atoms with Crippen LogP contribution in [-0.2, 0) is 0 Å². The van der Waals surface area contributed by atoms with Crippen molar-refractivity contribution in [2.45, 2.75) is 25.7 Å². The van der Waals surface area contributed by atoms with Crippen molar-refractivity contribution < 1.29 is 9.90 Å². The molecule has 3 aromatic rings. The van der Waals surface area contributed by atoms with Gasteiger partial charge >= 0.3 is 0 Å². The van der Waals surface area contributed by atoms with Gasteiger partial charge in [-0.25, -0.2) is 9.50 Å². The van der Waals surface area contributed by atoms with Crippen LogP contribution in [0, 0.1) is 6.92 Å². The zero-order chi connectivity index (χ0) is 17.4. The number of hydrogen-bond acceptors (Lipinski definition) is 5. The van der Waals surface area contributed by atoms with E-state index in [1.54, 1.807) is 27.7 Å². The molecule has 0 radical (unpaired) electrons. The van der Waals surface area contributed by atoms with Crippen molar-refractivity contribution in [3.8, 4) is 5.75 Å². The fourth-order valence-corrected chi connectivity index (χ4v) is 3.30. The Kier molecular flexibility index (Phi) is 3.83. The van der Waals surface area contributed by atoms with Gasteiger partial charge < -0.3 is 10.0 Å². The number of phenolic OH excluding ortho intramolecular Hbond substituents is 1. The van der Waals surface area contributed by atoms with E-state index in [0.717, 1.165) is 18.5 Å². The first-order chi connectivity index (χ1) is 12.1. The van der Waals surface area contributed by atoms with Crippen molar-refractivity contribution in [2.24, 2.45) is 0 Å². The number of aryl methyl sites for hydroxylation is 1. The minimum atomic E-state index is -0.144. The number of amides is 1. The molecule has 1 aliphatic heterocycles. The molecule has 7 nitrogen and oxygen atoms in total. The molecule has 0 aliphatic carbocycles. The van der Waals surface area contributed by atoms with E-state index in [1.165, 1.54) is 5.56 Å². The number of phenols is 1. The summed E-state index contributed by atoms with van der Waals surface area (Å²) in [4.78, 5) is 22.9. The standard InChI is InChI=1S/C18H19N5O2/c1-12-6-9-19-18-20-16(21-23(12)18)17(25)22-10-7-14(8-11-22)13-2-4-15(24)5-3-13/h2-6,9,14,24H,7-8,10-11H2,1H3. The number of carbonyl (C=O) groups is 1. The maximum atomic E-state index is 12.7. The monoisotopic (exact) mass is 337 g/mol. The van der Waals surface area contributed by atoms with Crippen LogP contribution in [0.3, 0.4) is 0 Å². The Labute approximate surface area is 144 Å². The van der Waals surface area contributed by atoms with Crippen molar-refractivity contribution in [2.75, 3.05) is 13.1 Å². The summed E-state index contributed by atoms with van der Waals surface area (Å²) < 4.78 is 1.59. The highest BCUT2D eigenvalue weighted by Gasteiger charge is 2.27. The second-order valence-corrected chi connectivity index (χ2v) is 6.39. The summed E-state index contributed by atoms with van der Waals surface area (Å²) in [7, 11) is 0. The van der Waals surface area contributed by atoms with Gasteiger partial charge in [0.1, 0.15) is 5.75 Å². The highest BCUT2D eigenvalue weighted by atomic mass is 16.3. The summed E-state index contributed by atoms with van der Waals surface area (Å²) >= 11 is 0. The van der Waals surface area contributed by atoms with Gasteiger partial charge in [0.25, 0.3) is 11.7 Å². The van der Waals surface area contributed by atoms with Crippen LogP contribution in [0.4, 0.5) is 0 Å². The van der Waals surface area contributed by atoms with E-state index in [9.17, 15) is 9.90 Å². The minimum Gasteiger partial charge on any atom is -0.508 e. The molecule has 1 N–H and O–H groups in total. The fraction of sp³-hybridized carbons (Fsp3) is 0.333. The summed E-state index contributed by atoms with van der Waals surface area (Å²) in [6.07, 6.45) is 3.44. The molecule has 0 atom stereocenters. The predicted octanol–water partition coefficient (Wildman–Crippen LogP) is 2.16. The summed E-state index contributed by atoms with van der Waals surface area (Å²) in [5, 5.41) is 13.7. The topological polar surface area (TPSA) is 83.6 Å². The Morgan fingerprint density at radius 3 is 2.56 bits per heavy atom. The van der Waals surface area contributed by atoms with Crippen LogP contribution in [0.2, 0.25) is 0 Å². The second-order valence-electron chi connectivity index (χ2n) is 6.39. The lowest BCUT2D eigenvalue weighted by Crippen LogP contribution is -2.38. The van der Waals surface area contributed by atoms with Gasteiger partial charge in [-0.3, -0.25) is 4.79 Å². The highest BCUT2D eigenvalue weighted by Crippen LogP contribution is 2.29. The molecule has 1 aliphatic rings. The van der Waals surface area contributed by atoms with Gasteiger partial charge in [-0.15, -0.1) is 5.10 Å². The van der Waals surface area contributed by atoms with E-state index in [2.05, 4.69) is 15.1 Å². The first kappa shape index (κ1) is 15.6. The maximum absolute atomic E-state index is 12.7. The van der Waals surface area contributed by atoms with Crippen LogP contribution < -0.4 is 0 Å². The molecule has 4 rings (SSSR count). The Morgan fingerprint density at radius 2 is 1.88 bits per heavy atom. The van der Waals surface area contributed by atoms with E-state index >= 15 is 0 Å². The molecule has 1 saturated heterocycles. The number of aromatic nitrogens is 4. The average molecular weight is 337 g/mol. The lowest BCUT2D eigenvalue weighted by Gasteiger charge is -2.31. The predicted molar refractivity (Wildman–Crippen MR) is 91.5 cm³/mol. The van der Waals surface area contributed by atoms with E-state index in [1.807, 2.05) is 25.1 Å². The smallest absolute Gasteiger partial charge is 0.293 e. The zero-order valence-corrected chi connectivity index (χ0v) is 14.0. The fourth-order valence-electron chi connectivity index (χ4n) is 3.30. The first-order valence-corrected chi connectivity index (χ1v) is 8.38. The van der Waals surface area contributed by atoms with Crippen LogP contribution in [-0.4, -0.2) is 48.6 Å². The molecule has 0 bridgehead atoms. The van der Waals surface area contributed by atoms with E-state index in [-0.39, 0.29) is 17.5 Å². The highest BCUT2D eigenvalue weighted by molar-refractivity contribution is 5.91. The van der Waals surface area contributed by atoms with E-state index < -0.39 is 0 Å². The van der Waals surface area contributed by atoms with Gasteiger partial charge in [-0.2, -0.15) is 4.98 Å².